The summed E-state index contributed by atoms with van der Waals surface area (Å²) >= 11 is 0. The maximum atomic E-state index is 13.1. The Morgan fingerprint density at radius 2 is 2.50 bits per heavy atom. The summed E-state index contributed by atoms with van der Waals surface area (Å²) in [6, 6.07) is -0.885. The standard InChI is InChI=1S/C6H10BFO2/c1-6(8)2-4(3-9)10-5(6)7/h4-5,9H,2-3H2,1H3. The van der Waals surface area contributed by atoms with E-state index in [2.05, 4.69) is 0 Å². The number of alkyl halides is 1. The molecule has 0 aromatic carbocycles. The molecule has 3 unspecified atom stereocenters. The van der Waals surface area contributed by atoms with Crippen molar-refractivity contribution in [3.05, 3.63) is 0 Å². The molecule has 2 radical (unpaired) electrons. The third kappa shape index (κ3) is 1.32. The average molecular weight is 144 g/mol. The van der Waals surface area contributed by atoms with Crippen molar-refractivity contribution >= 4 is 7.85 Å². The van der Waals surface area contributed by atoms with Crippen LogP contribution in [0.2, 0.25) is 0 Å². The van der Waals surface area contributed by atoms with E-state index in [0.717, 1.165) is 0 Å². The lowest BCUT2D eigenvalue weighted by molar-refractivity contribution is 0.0279. The van der Waals surface area contributed by atoms with Crippen LogP contribution in [0.25, 0.3) is 0 Å². The van der Waals surface area contributed by atoms with Crippen LogP contribution in [0.5, 0.6) is 0 Å². The molecule has 10 heavy (non-hydrogen) atoms. The molecule has 1 rings (SSSR count). The van der Waals surface area contributed by atoms with E-state index in [9.17, 15) is 4.39 Å². The fraction of sp³-hybridized carbons (Fsp3) is 1.00. The Hall–Kier alpha value is -0.0851. The number of aliphatic hydroxyl groups is 1. The Balaban J connectivity index is 2.53. The van der Waals surface area contributed by atoms with Gasteiger partial charge in [-0.05, 0) is 6.92 Å². The lowest BCUT2D eigenvalue weighted by Crippen LogP contribution is -2.29. The highest BCUT2D eigenvalue weighted by molar-refractivity contribution is 6.12. The zero-order valence-electron chi connectivity index (χ0n) is 5.88. The van der Waals surface area contributed by atoms with Crippen LogP contribution >= 0.6 is 0 Å². The molecule has 1 N–H and O–H groups in total. The molecule has 0 aliphatic carbocycles. The molecular formula is C6H10BFO2. The van der Waals surface area contributed by atoms with Gasteiger partial charge in [-0.25, -0.2) is 4.39 Å². The molecule has 4 heteroatoms. The van der Waals surface area contributed by atoms with Crippen LogP contribution in [0, 0.1) is 0 Å². The third-order valence-corrected chi connectivity index (χ3v) is 1.76. The average Bonchev–Trinajstić information content (AvgIpc) is 2.08. The van der Waals surface area contributed by atoms with Gasteiger partial charge in [0.2, 0.25) is 0 Å². The predicted octanol–water partition coefficient (Wildman–Crippen LogP) is -0.00960. The van der Waals surface area contributed by atoms with Crippen LogP contribution in [-0.2, 0) is 4.74 Å². The smallest absolute Gasteiger partial charge is 0.128 e. The first-order valence-corrected chi connectivity index (χ1v) is 3.27. The van der Waals surface area contributed by atoms with Gasteiger partial charge in [0.15, 0.2) is 0 Å². The topological polar surface area (TPSA) is 29.5 Å². The molecule has 1 aliphatic heterocycles. The minimum atomic E-state index is -1.48. The number of ether oxygens (including phenoxy) is 1. The van der Waals surface area contributed by atoms with E-state index in [4.69, 9.17) is 17.7 Å². The van der Waals surface area contributed by atoms with Crippen LogP contribution in [0.3, 0.4) is 0 Å². The predicted molar refractivity (Wildman–Crippen MR) is 35.6 cm³/mol. The number of rotatable bonds is 1. The molecule has 0 saturated carbocycles. The van der Waals surface area contributed by atoms with Crippen LogP contribution in [-0.4, -0.2) is 37.3 Å². The minimum Gasteiger partial charge on any atom is -0.394 e. The highest BCUT2D eigenvalue weighted by Crippen LogP contribution is 2.31. The van der Waals surface area contributed by atoms with Crippen molar-refractivity contribution in [2.45, 2.75) is 31.1 Å². The molecule has 1 saturated heterocycles. The molecule has 1 aliphatic rings. The number of hydrogen-bond donors (Lipinski definition) is 1. The Morgan fingerprint density at radius 1 is 1.90 bits per heavy atom. The second-order valence-electron chi connectivity index (χ2n) is 2.84. The van der Waals surface area contributed by atoms with Gasteiger partial charge < -0.3 is 9.84 Å². The first-order chi connectivity index (χ1) is 4.56. The second kappa shape index (κ2) is 2.51. The summed E-state index contributed by atoms with van der Waals surface area (Å²) in [6.07, 6.45) is -0.241. The molecule has 0 spiro atoms. The van der Waals surface area contributed by atoms with Gasteiger partial charge in [-0.1, -0.05) is 0 Å². The van der Waals surface area contributed by atoms with Crippen molar-refractivity contribution < 1.29 is 14.2 Å². The van der Waals surface area contributed by atoms with Gasteiger partial charge in [0, 0.05) is 6.42 Å². The van der Waals surface area contributed by atoms with E-state index < -0.39 is 17.8 Å². The summed E-state index contributed by atoms with van der Waals surface area (Å²) in [6.45, 7) is 1.22. The molecule has 0 aromatic rings. The molecule has 2 nitrogen and oxygen atoms in total. The third-order valence-electron chi connectivity index (χ3n) is 1.76. The van der Waals surface area contributed by atoms with E-state index in [1.165, 1.54) is 6.92 Å². The van der Waals surface area contributed by atoms with Crippen LogP contribution < -0.4 is 0 Å². The number of halogens is 1. The molecule has 0 aromatic heterocycles. The molecule has 3 atom stereocenters. The molecule has 56 valence electrons. The molecule has 1 heterocycles. The normalized spacial score (nSPS) is 47.9. The number of hydrogen-bond acceptors (Lipinski definition) is 2. The van der Waals surface area contributed by atoms with E-state index in [1.807, 2.05) is 0 Å². The molecule has 0 bridgehead atoms. The summed E-state index contributed by atoms with van der Waals surface area (Å²) in [7, 11) is 5.27. The van der Waals surface area contributed by atoms with Gasteiger partial charge in [-0.2, -0.15) is 0 Å². The monoisotopic (exact) mass is 144 g/mol. The largest absolute Gasteiger partial charge is 0.394 e. The van der Waals surface area contributed by atoms with Crippen molar-refractivity contribution in [3.8, 4) is 0 Å². The number of aliphatic hydroxyl groups excluding tert-OH is 1. The van der Waals surface area contributed by atoms with E-state index >= 15 is 0 Å². The molecule has 1 fully saturated rings. The second-order valence-corrected chi connectivity index (χ2v) is 2.84. The van der Waals surface area contributed by atoms with Crippen molar-refractivity contribution in [2.75, 3.05) is 6.61 Å². The highest BCUT2D eigenvalue weighted by atomic mass is 19.1. The summed E-state index contributed by atoms with van der Waals surface area (Å²) < 4.78 is 18.0. The fourth-order valence-electron chi connectivity index (χ4n) is 1.07. The van der Waals surface area contributed by atoms with Crippen LogP contribution in [0.4, 0.5) is 4.39 Å². The maximum absolute atomic E-state index is 13.1. The first kappa shape index (κ1) is 8.02. The highest BCUT2D eigenvalue weighted by Gasteiger charge is 2.41. The lowest BCUT2D eigenvalue weighted by atomic mass is 9.85. The van der Waals surface area contributed by atoms with Crippen molar-refractivity contribution in [3.63, 3.8) is 0 Å². The zero-order valence-corrected chi connectivity index (χ0v) is 5.88. The summed E-state index contributed by atoms with van der Waals surface area (Å²) in [5.74, 6) is 0. The van der Waals surface area contributed by atoms with Gasteiger partial charge in [0.25, 0.3) is 0 Å². The lowest BCUT2D eigenvalue weighted by Gasteiger charge is -2.16. The zero-order chi connectivity index (χ0) is 7.78. The van der Waals surface area contributed by atoms with Gasteiger partial charge in [-0.3, -0.25) is 0 Å². The van der Waals surface area contributed by atoms with E-state index in [-0.39, 0.29) is 13.0 Å². The van der Waals surface area contributed by atoms with Gasteiger partial charge in [-0.15, -0.1) is 0 Å². The van der Waals surface area contributed by atoms with Gasteiger partial charge in [0.05, 0.1) is 18.7 Å². The quantitative estimate of drug-likeness (QED) is 0.524. The van der Waals surface area contributed by atoms with Crippen LogP contribution in [0.15, 0.2) is 0 Å². The molecular weight excluding hydrogens is 134 g/mol. The van der Waals surface area contributed by atoms with Crippen molar-refractivity contribution in [1.82, 2.24) is 0 Å². The van der Waals surface area contributed by atoms with Gasteiger partial charge >= 0.3 is 0 Å². The summed E-state index contributed by atoms with van der Waals surface area (Å²) in [5, 5.41) is 8.57. The summed E-state index contributed by atoms with van der Waals surface area (Å²) in [5.41, 5.74) is -1.48. The Kier molecular flexibility index (Phi) is 2.01. The molecule has 0 amide bonds. The van der Waals surface area contributed by atoms with E-state index in [0.29, 0.717) is 0 Å². The first-order valence-electron chi connectivity index (χ1n) is 3.27. The SMILES string of the molecule is [B]C1OC(CO)CC1(C)F. The van der Waals surface area contributed by atoms with Crippen molar-refractivity contribution in [2.24, 2.45) is 0 Å². The Morgan fingerprint density at radius 3 is 2.70 bits per heavy atom. The minimum absolute atomic E-state index is 0.160. The Bertz CT molecular complexity index is 129. The Labute approximate surface area is 60.8 Å². The fourth-order valence-corrected chi connectivity index (χ4v) is 1.07. The van der Waals surface area contributed by atoms with E-state index in [1.54, 1.807) is 0 Å². The van der Waals surface area contributed by atoms with Gasteiger partial charge in [0.1, 0.15) is 13.5 Å². The van der Waals surface area contributed by atoms with Crippen LogP contribution in [0.1, 0.15) is 13.3 Å². The maximum Gasteiger partial charge on any atom is 0.128 e. The summed E-state index contributed by atoms with van der Waals surface area (Å²) in [4.78, 5) is 0. The van der Waals surface area contributed by atoms with Crippen molar-refractivity contribution in [1.29, 1.82) is 0 Å².